The van der Waals surface area contributed by atoms with Gasteiger partial charge in [-0.15, -0.1) is 0 Å². The largest absolute Gasteiger partial charge is 0.398 e. The molecule has 0 bridgehead atoms. The van der Waals surface area contributed by atoms with Gasteiger partial charge in [-0.25, -0.2) is 0 Å². The van der Waals surface area contributed by atoms with Crippen LogP contribution in [0.4, 0.5) is 5.69 Å². The first-order valence-corrected chi connectivity index (χ1v) is 3.55. The second-order valence-electron chi connectivity index (χ2n) is 2.36. The Balaban J connectivity index is 3.20. The Morgan fingerprint density at radius 1 is 1.55 bits per heavy atom. The minimum Gasteiger partial charge on any atom is -0.398 e. The van der Waals surface area contributed by atoms with E-state index < -0.39 is 5.24 Å². The van der Waals surface area contributed by atoms with Crippen molar-refractivity contribution in [3.8, 4) is 0 Å². The average molecular weight is 170 g/mol. The molecule has 0 atom stereocenters. The number of carbonyl (C=O) groups excluding carboxylic acids is 1. The average Bonchev–Trinajstić information content (AvgIpc) is 1.85. The van der Waals surface area contributed by atoms with Gasteiger partial charge in [0.15, 0.2) is 0 Å². The number of nitrogens with two attached hydrogens (primary N) is 1. The fourth-order valence-electron chi connectivity index (χ4n) is 0.861. The van der Waals surface area contributed by atoms with Gasteiger partial charge in [-0.2, -0.15) is 0 Å². The fourth-order valence-corrected chi connectivity index (χ4v) is 1.03. The van der Waals surface area contributed by atoms with E-state index in [1.54, 1.807) is 18.2 Å². The molecule has 0 saturated heterocycles. The van der Waals surface area contributed by atoms with Gasteiger partial charge in [0.2, 0.25) is 0 Å². The highest BCUT2D eigenvalue weighted by Gasteiger charge is 2.04. The van der Waals surface area contributed by atoms with Crippen LogP contribution in [0.25, 0.3) is 0 Å². The Morgan fingerprint density at radius 3 is 2.64 bits per heavy atom. The van der Waals surface area contributed by atoms with Crippen molar-refractivity contribution in [1.82, 2.24) is 0 Å². The molecule has 0 fully saturated rings. The van der Waals surface area contributed by atoms with Crippen LogP contribution < -0.4 is 5.73 Å². The third kappa shape index (κ3) is 1.71. The van der Waals surface area contributed by atoms with Crippen LogP contribution in [0.2, 0.25) is 0 Å². The van der Waals surface area contributed by atoms with E-state index in [0.717, 1.165) is 5.56 Å². The van der Waals surface area contributed by atoms with Crippen LogP contribution in [0, 0.1) is 6.92 Å². The predicted octanol–water partition coefficient (Wildman–Crippen LogP) is 1.96. The summed E-state index contributed by atoms with van der Waals surface area (Å²) in [6.07, 6.45) is 0. The molecule has 1 aromatic rings. The van der Waals surface area contributed by atoms with Crippen molar-refractivity contribution in [3.05, 3.63) is 29.3 Å². The zero-order chi connectivity index (χ0) is 8.43. The van der Waals surface area contributed by atoms with Crippen molar-refractivity contribution in [3.63, 3.8) is 0 Å². The van der Waals surface area contributed by atoms with E-state index in [1.807, 2.05) is 6.92 Å². The third-order valence-corrected chi connectivity index (χ3v) is 1.62. The molecule has 0 aromatic heterocycles. The molecule has 1 aromatic carbocycles. The lowest BCUT2D eigenvalue weighted by atomic mass is 10.1. The van der Waals surface area contributed by atoms with Crippen LogP contribution in [0.5, 0.6) is 0 Å². The van der Waals surface area contributed by atoms with Crippen LogP contribution in [0.1, 0.15) is 15.9 Å². The van der Waals surface area contributed by atoms with E-state index in [9.17, 15) is 4.79 Å². The quantitative estimate of drug-likeness (QED) is 0.516. The maximum absolute atomic E-state index is 10.7. The van der Waals surface area contributed by atoms with Gasteiger partial charge in [-0.1, -0.05) is 6.07 Å². The molecule has 2 nitrogen and oxygen atoms in total. The summed E-state index contributed by atoms with van der Waals surface area (Å²) in [5.74, 6) is 0. The molecule has 2 N–H and O–H groups in total. The SMILES string of the molecule is Cc1ccc(C(=O)Cl)c(N)c1. The third-order valence-electron chi connectivity index (χ3n) is 1.42. The van der Waals surface area contributed by atoms with Crippen molar-refractivity contribution in [2.45, 2.75) is 6.92 Å². The van der Waals surface area contributed by atoms with Crippen LogP contribution in [-0.4, -0.2) is 5.24 Å². The summed E-state index contributed by atoms with van der Waals surface area (Å²) in [6.45, 7) is 1.90. The fraction of sp³-hybridized carbons (Fsp3) is 0.125. The smallest absolute Gasteiger partial charge is 0.254 e. The molecule has 0 saturated carbocycles. The van der Waals surface area contributed by atoms with Gasteiger partial charge in [0.25, 0.3) is 5.24 Å². The number of rotatable bonds is 1. The van der Waals surface area contributed by atoms with E-state index in [0.29, 0.717) is 11.3 Å². The first-order chi connectivity index (χ1) is 5.11. The van der Waals surface area contributed by atoms with Crippen molar-refractivity contribution in [2.75, 3.05) is 5.73 Å². The van der Waals surface area contributed by atoms with Gasteiger partial charge >= 0.3 is 0 Å². The second-order valence-corrected chi connectivity index (χ2v) is 2.71. The van der Waals surface area contributed by atoms with Crippen molar-refractivity contribution in [2.24, 2.45) is 0 Å². The highest BCUT2D eigenvalue weighted by molar-refractivity contribution is 6.68. The molecule has 0 spiro atoms. The molecule has 58 valence electrons. The summed E-state index contributed by atoms with van der Waals surface area (Å²) in [6, 6.07) is 5.14. The summed E-state index contributed by atoms with van der Waals surface area (Å²) in [7, 11) is 0. The van der Waals surface area contributed by atoms with Crippen LogP contribution in [-0.2, 0) is 0 Å². The van der Waals surface area contributed by atoms with Crippen molar-refractivity contribution in [1.29, 1.82) is 0 Å². The first-order valence-electron chi connectivity index (χ1n) is 3.17. The predicted molar refractivity (Wildman–Crippen MR) is 45.8 cm³/mol. The van der Waals surface area contributed by atoms with E-state index in [2.05, 4.69) is 0 Å². The highest BCUT2D eigenvalue weighted by atomic mass is 35.5. The molecule has 0 heterocycles. The highest BCUT2D eigenvalue weighted by Crippen LogP contribution is 2.15. The zero-order valence-electron chi connectivity index (χ0n) is 6.10. The lowest BCUT2D eigenvalue weighted by Gasteiger charge is -2.00. The number of carbonyl (C=O) groups is 1. The van der Waals surface area contributed by atoms with Crippen LogP contribution in [0.15, 0.2) is 18.2 Å². The summed E-state index contributed by atoms with van der Waals surface area (Å²) < 4.78 is 0. The molecule has 0 unspecified atom stereocenters. The van der Waals surface area contributed by atoms with Gasteiger partial charge in [-0.05, 0) is 36.2 Å². The Hall–Kier alpha value is -1.02. The number of aryl methyl sites for hydroxylation is 1. The minimum atomic E-state index is -0.512. The monoisotopic (exact) mass is 169 g/mol. The second kappa shape index (κ2) is 2.93. The molecule has 0 radical (unpaired) electrons. The topological polar surface area (TPSA) is 43.1 Å². The Bertz CT molecular complexity index is 296. The van der Waals surface area contributed by atoms with Crippen molar-refractivity contribution >= 4 is 22.5 Å². The molecule has 11 heavy (non-hydrogen) atoms. The van der Waals surface area contributed by atoms with Gasteiger partial charge in [-0.3, -0.25) is 4.79 Å². The van der Waals surface area contributed by atoms with Crippen LogP contribution >= 0.6 is 11.6 Å². The Morgan fingerprint density at radius 2 is 2.18 bits per heavy atom. The molecule has 0 aliphatic rings. The van der Waals surface area contributed by atoms with Gasteiger partial charge < -0.3 is 5.73 Å². The first kappa shape index (κ1) is 8.08. The molecule has 0 aliphatic carbocycles. The summed E-state index contributed by atoms with van der Waals surface area (Å²) in [4.78, 5) is 10.7. The van der Waals surface area contributed by atoms with Gasteiger partial charge in [0, 0.05) is 5.69 Å². The number of halogens is 1. The molecule has 3 heteroatoms. The minimum absolute atomic E-state index is 0.372. The lowest BCUT2D eigenvalue weighted by Crippen LogP contribution is -1.97. The summed E-state index contributed by atoms with van der Waals surface area (Å²) in [5.41, 5.74) is 7.34. The lowest BCUT2D eigenvalue weighted by molar-refractivity contribution is 0.108. The van der Waals surface area contributed by atoms with E-state index in [1.165, 1.54) is 0 Å². The molecular formula is C8H8ClNO. The molecule has 1 rings (SSSR count). The summed E-state index contributed by atoms with van der Waals surface area (Å²) >= 11 is 5.24. The number of anilines is 1. The maximum atomic E-state index is 10.7. The van der Waals surface area contributed by atoms with Gasteiger partial charge in [0.05, 0.1) is 5.56 Å². The summed E-state index contributed by atoms with van der Waals surface area (Å²) in [5, 5.41) is -0.512. The standard InChI is InChI=1S/C8H8ClNO/c1-5-2-3-6(8(9)11)7(10)4-5/h2-4H,10H2,1H3. The van der Waals surface area contributed by atoms with E-state index >= 15 is 0 Å². The maximum Gasteiger partial charge on any atom is 0.254 e. The number of benzene rings is 1. The Labute approximate surface area is 70.0 Å². The van der Waals surface area contributed by atoms with E-state index in [4.69, 9.17) is 17.3 Å². The zero-order valence-corrected chi connectivity index (χ0v) is 6.85. The Kier molecular flexibility index (Phi) is 2.15. The van der Waals surface area contributed by atoms with Crippen LogP contribution in [0.3, 0.4) is 0 Å². The van der Waals surface area contributed by atoms with Gasteiger partial charge in [0.1, 0.15) is 0 Å². The molecular weight excluding hydrogens is 162 g/mol. The number of hydrogen-bond acceptors (Lipinski definition) is 2. The van der Waals surface area contributed by atoms with Crippen molar-refractivity contribution < 1.29 is 4.79 Å². The molecule has 0 aliphatic heterocycles. The number of hydrogen-bond donors (Lipinski definition) is 1. The normalized spacial score (nSPS) is 9.64. The van der Waals surface area contributed by atoms with E-state index in [-0.39, 0.29) is 0 Å². The number of nitrogen functional groups attached to an aromatic ring is 1. The molecule has 0 amide bonds.